The predicted molar refractivity (Wildman–Crippen MR) is 52.5 cm³/mol. The molecule has 14 heavy (non-hydrogen) atoms. The third kappa shape index (κ3) is 1.99. The van der Waals surface area contributed by atoms with Gasteiger partial charge in [0.05, 0.1) is 0 Å². The lowest BCUT2D eigenvalue weighted by molar-refractivity contribution is -0.131. The molecule has 3 heteroatoms. The molecule has 1 rings (SSSR count). The number of benzene rings is 1. The van der Waals surface area contributed by atoms with Crippen molar-refractivity contribution < 1.29 is 14.7 Å². The highest BCUT2D eigenvalue weighted by molar-refractivity contribution is 6.39. The molecule has 1 aromatic rings. The fourth-order valence-electron chi connectivity index (χ4n) is 1.32. The van der Waals surface area contributed by atoms with Crippen molar-refractivity contribution >= 4 is 11.8 Å². The van der Waals surface area contributed by atoms with Crippen LogP contribution in [0.25, 0.3) is 0 Å². The van der Waals surface area contributed by atoms with E-state index < -0.39 is 11.8 Å². The van der Waals surface area contributed by atoms with Crippen LogP contribution in [0.2, 0.25) is 0 Å². The van der Waals surface area contributed by atoms with Gasteiger partial charge in [-0.15, -0.1) is 0 Å². The highest BCUT2D eigenvalue weighted by Gasteiger charge is 2.14. The minimum absolute atomic E-state index is 0.250. The van der Waals surface area contributed by atoms with Crippen molar-refractivity contribution in [3.05, 3.63) is 34.9 Å². The molecule has 0 saturated heterocycles. The maximum atomic E-state index is 11.1. The van der Waals surface area contributed by atoms with Crippen LogP contribution < -0.4 is 0 Å². The smallest absolute Gasteiger partial charge is 0.377 e. The molecule has 0 fully saturated rings. The van der Waals surface area contributed by atoms with E-state index in [9.17, 15) is 9.59 Å². The highest BCUT2D eigenvalue weighted by Crippen LogP contribution is 2.12. The van der Waals surface area contributed by atoms with Crippen molar-refractivity contribution in [2.45, 2.75) is 20.3 Å². The van der Waals surface area contributed by atoms with Gasteiger partial charge in [-0.2, -0.15) is 0 Å². The molecule has 0 aliphatic rings. The summed E-state index contributed by atoms with van der Waals surface area (Å²) in [6.45, 7) is 3.91. The number of aliphatic carboxylic acids is 1. The lowest BCUT2D eigenvalue weighted by Crippen LogP contribution is -2.13. The summed E-state index contributed by atoms with van der Waals surface area (Å²) >= 11 is 0. The van der Waals surface area contributed by atoms with Crippen molar-refractivity contribution in [1.82, 2.24) is 0 Å². The number of ketones is 1. The van der Waals surface area contributed by atoms with Gasteiger partial charge in [-0.05, 0) is 30.5 Å². The van der Waals surface area contributed by atoms with Crippen molar-refractivity contribution in [1.29, 1.82) is 0 Å². The topological polar surface area (TPSA) is 54.4 Å². The first-order valence-corrected chi connectivity index (χ1v) is 4.43. The molecule has 0 aromatic heterocycles. The Morgan fingerprint density at radius 3 is 2.50 bits per heavy atom. The number of carbonyl (C=O) groups is 2. The van der Waals surface area contributed by atoms with Gasteiger partial charge >= 0.3 is 5.97 Å². The number of rotatable bonds is 3. The normalized spacial score (nSPS) is 9.86. The first-order chi connectivity index (χ1) is 6.56. The van der Waals surface area contributed by atoms with E-state index in [1.54, 1.807) is 18.2 Å². The Labute approximate surface area is 82.4 Å². The summed E-state index contributed by atoms with van der Waals surface area (Å²) in [7, 11) is 0. The van der Waals surface area contributed by atoms with Gasteiger partial charge in [-0.3, -0.25) is 4.79 Å². The van der Waals surface area contributed by atoms with Gasteiger partial charge in [0.15, 0.2) is 0 Å². The Bertz CT molecular complexity index is 380. The van der Waals surface area contributed by atoms with E-state index in [1.165, 1.54) is 0 Å². The summed E-state index contributed by atoms with van der Waals surface area (Å²) in [5.74, 6) is -2.25. The summed E-state index contributed by atoms with van der Waals surface area (Å²) in [6.07, 6.45) is 0.798. The fourth-order valence-corrected chi connectivity index (χ4v) is 1.32. The summed E-state index contributed by atoms with van der Waals surface area (Å²) in [5, 5.41) is 8.52. The first-order valence-electron chi connectivity index (χ1n) is 4.43. The van der Waals surface area contributed by atoms with Gasteiger partial charge in [-0.1, -0.05) is 19.1 Å². The van der Waals surface area contributed by atoms with E-state index in [0.29, 0.717) is 0 Å². The summed E-state index contributed by atoms with van der Waals surface area (Å²) < 4.78 is 0. The number of carboxylic acids is 1. The third-order valence-electron chi connectivity index (χ3n) is 2.19. The molecule has 0 atom stereocenters. The average Bonchev–Trinajstić information content (AvgIpc) is 2.17. The Hall–Kier alpha value is -1.64. The average molecular weight is 192 g/mol. The largest absolute Gasteiger partial charge is 0.475 e. The standard InChI is InChI=1S/C11H12O3/c1-3-8-6-9(5-4-7(8)2)10(12)11(13)14/h4-6H,3H2,1-2H3,(H,13,14). The first kappa shape index (κ1) is 10.4. The van der Waals surface area contributed by atoms with Crippen LogP contribution in [0.4, 0.5) is 0 Å². The summed E-state index contributed by atoms with van der Waals surface area (Å²) in [5.41, 5.74) is 2.34. The molecule has 3 nitrogen and oxygen atoms in total. The number of hydrogen-bond donors (Lipinski definition) is 1. The van der Waals surface area contributed by atoms with Crippen LogP contribution in [0.3, 0.4) is 0 Å². The molecule has 0 heterocycles. The molecule has 0 aliphatic heterocycles. The van der Waals surface area contributed by atoms with Gasteiger partial charge in [0.1, 0.15) is 0 Å². The molecule has 74 valence electrons. The second-order valence-corrected chi connectivity index (χ2v) is 3.13. The minimum atomic E-state index is -1.41. The van der Waals surface area contributed by atoms with Crippen LogP contribution in [0, 0.1) is 6.92 Å². The lowest BCUT2D eigenvalue weighted by Gasteiger charge is -2.04. The monoisotopic (exact) mass is 192 g/mol. The summed E-state index contributed by atoms with van der Waals surface area (Å²) in [6, 6.07) is 4.96. The molecule has 0 aliphatic carbocycles. The maximum absolute atomic E-state index is 11.1. The molecule has 0 spiro atoms. The van der Waals surface area contributed by atoms with E-state index >= 15 is 0 Å². The van der Waals surface area contributed by atoms with Crippen molar-refractivity contribution in [2.75, 3.05) is 0 Å². The van der Waals surface area contributed by atoms with Crippen molar-refractivity contribution in [3.8, 4) is 0 Å². The van der Waals surface area contributed by atoms with E-state index in [1.807, 2.05) is 13.8 Å². The number of carboxylic acid groups (broad SMARTS) is 1. The number of hydrogen-bond acceptors (Lipinski definition) is 2. The van der Waals surface area contributed by atoms with Gasteiger partial charge < -0.3 is 5.11 Å². The quantitative estimate of drug-likeness (QED) is 0.587. The van der Waals surface area contributed by atoms with E-state index in [2.05, 4.69) is 0 Å². The molecule has 0 radical (unpaired) electrons. The van der Waals surface area contributed by atoms with Crippen molar-refractivity contribution in [3.63, 3.8) is 0 Å². The zero-order chi connectivity index (χ0) is 10.7. The molecule has 0 amide bonds. The molecule has 0 bridgehead atoms. The Morgan fingerprint density at radius 1 is 1.36 bits per heavy atom. The van der Waals surface area contributed by atoms with Crippen LogP contribution in [0.1, 0.15) is 28.4 Å². The second-order valence-electron chi connectivity index (χ2n) is 3.13. The van der Waals surface area contributed by atoms with Crippen LogP contribution in [-0.4, -0.2) is 16.9 Å². The Kier molecular flexibility index (Phi) is 3.02. The fraction of sp³-hybridized carbons (Fsp3) is 0.273. The van der Waals surface area contributed by atoms with Crippen molar-refractivity contribution in [2.24, 2.45) is 0 Å². The van der Waals surface area contributed by atoms with Crippen LogP contribution in [-0.2, 0) is 11.2 Å². The van der Waals surface area contributed by atoms with Gasteiger partial charge in [0.25, 0.3) is 5.78 Å². The second kappa shape index (κ2) is 4.05. The molecule has 1 N–H and O–H groups in total. The minimum Gasteiger partial charge on any atom is -0.475 e. The maximum Gasteiger partial charge on any atom is 0.377 e. The van der Waals surface area contributed by atoms with Gasteiger partial charge in [-0.25, -0.2) is 4.79 Å². The zero-order valence-corrected chi connectivity index (χ0v) is 8.20. The number of Topliss-reactive ketones (excluding diaryl/α,β-unsaturated/α-hetero) is 1. The van der Waals surface area contributed by atoms with Crippen LogP contribution >= 0.6 is 0 Å². The molecular formula is C11H12O3. The van der Waals surface area contributed by atoms with Gasteiger partial charge in [0, 0.05) is 5.56 Å². The SMILES string of the molecule is CCc1cc(C(=O)C(=O)O)ccc1C. The van der Waals surface area contributed by atoms with Gasteiger partial charge in [0.2, 0.25) is 0 Å². The predicted octanol–water partition coefficient (Wildman–Crippen LogP) is 1.82. The molecular weight excluding hydrogens is 180 g/mol. The number of carbonyl (C=O) groups excluding carboxylic acids is 1. The lowest BCUT2D eigenvalue weighted by atomic mass is 10.0. The number of aryl methyl sites for hydroxylation is 2. The molecule has 1 aromatic carbocycles. The van der Waals surface area contributed by atoms with Crippen LogP contribution in [0.5, 0.6) is 0 Å². The van der Waals surface area contributed by atoms with E-state index in [0.717, 1.165) is 17.5 Å². The third-order valence-corrected chi connectivity index (χ3v) is 2.19. The van der Waals surface area contributed by atoms with E-state index in [4.69, 9.17) is 5.11 Å². The molecule has 0 unspecified atom stereocenters. The zero-order valence-electron chi connectivity index (χ0n) is 8.20. The Balaban J connectivity index is 3.12. The van der Waals surface area contributed by atoms with Crippen LogP contribution in [0.15, 0.2) is 18.2 Å². The van der Waals surface area contributed by atoms with E-state index in [-0.39, 0.29) is 5.56 Å². The summed E-state index contributed by atoms with van der Waals surface area (Å²) in [4.78, 5) is 21.6. The highest BCUT2D eigenvalue weighted by atomic mass is 16.4. The Morgan fingerprint density at radius 2 is 2.00 bits per heavy atom. The molecule has 0 saturated carbocycles.